The van der Waals surface area contributed by atoms with Crippen LogP contribution >= 0.6 is 15.9 Å². The Balaban J connectivity index is 2.37. The fraction of sp³-hybridized carbons (Fsp3) is 0.778. The molecule has 10 heavy (non-hydrogen) atoms. The second-order valence-corrected chi connectivity index (χ2v) is 5.03. The first kappa shape index (κ1) is 6.90. The fourth-order valence-corrected chi connectivity index (χ4v) is 3.59. The van der Waals surface area contributed by atoms with Crippen molar-refractivity contribution < 1.29 is 0 Å². The molecule has 0 aromatic rings. The van der Waals surface area contributed by atoms with Crippen molar-refractivity contribution in [1.29, 1.82) is 0 Å². The van der Waals surface area contributed by atoms with Gasteiger partial charge in [-0.15, -0.1) is 0 Å². The molecular formula is C9H13Br. The molecule has 0 aromatic heterocycles. The Bertz CT molecular complexity index is 191. The lowest BCUT2D eigenvalue weighted by Gasteiger charge is -2.24. The molecule has 1 fully saturated rings. The van der Waals surface area contributed by atoms with E-state index in [-0.39, 0.29) is 0 Å². The monoisotopic (exact) mass is 200 g/mol. The Kier molecular flexibility index (Phi) is 1.30. The van der Waals surface area contributed by atoms with Crippen LogP contribution in [0, 0.1) is 17.3 Å². The zero-order valence-corrected chi connectivity index (χ0v) is 8.11. The summed E-state index contributed by atoms with van der Waals surface area (Å²) >= 11 is 3.63. The minimum absolute atomic E-state index is 0.554. The van der Waals surface area contributed by atoms with Gasteiger partial charge in [0.05, 0.1) is 0 Å². The van der Waals surface area contributed by atoms with Gasteiger partial charge in [-0.3, -0.25) is 0 Å². The van der Waals surface area contributed by atoms with Gasteiger partial charge in [0.1, 0.15) is 0 Å². The third-order valence-electron chi connectivity index (χ3n) is 3.31. The molecule has 0 nitrogen and oxygen atoms in total. The molecule has 1 heteroatoms. The molecular weight excluding hydrogens is 188 g/mol. The number of allylic oxidation sites excluding steroid dienone is 2. The van der Waals surface area contributed by atoms with Crippen LogP contribution in [0.1, 0.15) is 26.7 Å². The predicted octanol–water partition coefficient (Wildman–Crippen LogP) is 3.33. The van der Waals surface area contributed by atoms with Gasteiger partial charge in [-0.05, 0) is 34.6 Å². The number of rotatable bonds is 0. The molecule has 2 aliphatic rings. The lowest BCUT2D eigenvalue weighted by Crippen LogP contribution is -2.17. The highest BCUT2D eigenvalue weighted by Crippen LogP contribution is 2.58. The second-order valence-electron chi connectivity index (χ2n) is 4.11. The van der Waals surface area contributed by atoms with E-state index in [9.17, 15) is 0 Å². The topological polar surface area (TPSA) is 0 Å². The van der Waals surface area contributed by atoms with Crippen molar-refractivity contribution in [2.45, 2.75) is 26.7 Å². The summed E-state index contributed by atoms with van der Waals surface area (Å²) in [5.74, 6) is 1.68. The van der Waals surface area contributed by atoms with Crippen molar-refractivity contribution in [2.24, 2.45) is 17.3 Å². The Morgan fingerprint density at radius 1 is 1.50 bits per heavy atom. The Hall–Kier alpha value is 0.220. The van der Waals surface area contributed by atoms with Crippen LogP contribution in [0.25, 0.3) is 0 Å². The van der Waals surface area contributed by atoms with Gasteiger partial charge in [0.15, 0.2) is 0 Å². The molecule has 2 rings (SSSR count). The van der Waals surface area contributed by atoms with E-state index in [1.54, 1.807) is 0 Å². The Morgan fingerprint density at radius 3 is 2.40 bits per heavy atom. The van der Waals surface area contributed by atoms with Crippen molar-refractivity contribution in [2.75, 3.05) is 0 Å². The van der Waals surface area contributed by atoms with Crippen molar-refractivity contribution in [3.8, 4) is 0 Å². The molecule has 0 aliphatic heterocycles. The van der Waals surface area contributed by atoms with Gasteiger partial charge in [0.25, 0.3) is 0 Å². The van der Waals surface area contributed by atoms with Gasteiger partial charge < -0.3 is 0 Å². The predicted molar refractivity (Wildman–Crippen MR) is 47.0 cm³/mol. The zero-order valence-electron chi connectivity index (χ0n) is 6.52. The summed E-state index contributed by atoms with van der Waals surface area (Å²) < 4.78 is 1.47. The zero-order chi connectivity index (χ0) is 7.35. The van der Waals surface area contributed by atoms with Gasteiger partial charge in [-0.1, -0.05) is 35.9 Å². The van der Waals surface area contributed by atoms with E-state index in [0.29, 0.717) is 5.41 Å². The van der Waals surface area contributed by atoms with Crippen molar-refractivity contribution >= 4 is 15.9 Å². The van der Waals surface area contributed by atoms with Crippen LogP contribution in [0.4, 0.5) is 0 Å². The molecule has 0 N–H and O–H groups in total. The maximum Gasteiger partial charge on any atom is -0.00416 e. The van der Waals surface area contributed by atoms with Gasteiger partial charge in [-0.2, -0.15) is 0 Å². The highest BCUT2D eigenvalue weighted by atomic mass is 79.9. The van der Waals surface area contributed by atoms with Crippen LogP contribution in [-0.2, 0) is 0 Å². The van der Waals surface area contributed by atoms with Crippen LogP contribution in [-0.4, -0.2) is 0 Å². The fourth-order valence-electron chi connectivity index (χ4n) is 2.45. The average Bonchev–Trinajstić information content (AvgIpc) is 2.20. The summed E-state index contributed by atoms with van der Waals surface area (Å²) in [6, 6.07) is 0. The van der Waals surface area contributed by atoms with E-state index in [4.69, 9.17) is 0 Å². The Labute approximate surface area is 70.8 Å². The van der Waals surface area contributed by atoms with E-state index in [1.807, 2.05) is 0 Å². The third kappa shape index (κ3) is 0.674. The van der Waals surface area contributed by atoms with E-state index in [2.05, 4.69) is 35.9 Å². The molecule has 0 unspecified atom stereocenters. The highest BCUT2D eigenvalue weighted by Gasteiger charge is 2.47. The summed E-state index contributed by atoms with van der Waals surface area (Å²) in [5.41, 5.74) is 0.554. The van der Waals surface area contributed by atoms with Gasteiger partial charge in [0, 0.05) is 0 Å². The summed E-state index contributed by atoms with van der Waals surface area (Å²) in [4.78, 5) is 0. The number of fused-ring (bicyclic) bond motifs is 2. The average molecular weight is 201 g/mol. The third-order valence-corrected chi connectivity index (χ3v) is 4.13. The lowest BCUT2D eigenvalue weighted by atomic mass is 9.81. The summed E-state index contributed by atoms with van der Waals surface area (Å²) in [7, 11) is 0. The first-order valence-electron chi connectivity index (χ1n) is 3.99. The first-order chi connectivity index (χ1) is 4.62. The largest absolute Gasteiger partial charge is 0.0704 e. The quantitative estimate of drug-likeness (QED) is 0.563. The minimum atomic E-state index is 0.554. The number of hydrogen-bond donors (Lipinski definition) is 0. The van der Waals surface area contributed by atoms with Crippen LogP contribution < -0.4 is 0 Å². The molecule has 0 saturated heterocycles. The number of halogens is 1. The summed E-state index contributed by atoms with van der Waals surface area (Å²) in [6.07, 6.45) is 5.22. The van der Waals surface area contributed by atoms with Gasteiger partial charge >= 0.3 is 0 Å². The smallest absolute Gasteiger partial charge is 0.00416 e. The molecule has 0 amide bonds. The normalized spacial score (nSPS) is 42.1. The maximum atomic E-state index is 3.63. The molecule has 2 bridgehead atoms. The Morgan fingerprint density at radius 2 is 2.20 bits per heavy atom. The molecule has 2 aliphatic carbocycles. The van der Waals surface area contributed by atoms with Crippen LogP contribution in [0.2, 0.25) is 0 Å². The van der Waals surface area contributed by atoms with Crippen molar-refractivity contribution in [1.82, 2.24) is 0 Å². The van der Waals surface area contributed by atoms with Gasteiger partial charge in [0.2, 0.25) is 0 Å². The SMILES string of the molecule is CC1(C)[C@H]2C=C(Br)[C@@H]1CC2. The van der Waals surface area contributed by atoms with Crippen molar-refractivity contribution in [3.63, 3.8) is 0 Å². The number of hydrogen-bond acceptors (Lipinski definition) is 0. The van der Waals surface area contributed by atoms with Crippen LogP contribution in [0.15, 0.2) is 10.6 Å². The van der Waals surface area contributed by atoms with E-state index in [0.717, 1.165) is 11.8 Å². The van der Waals surface area contributed by atoms with Crippen LogP contribution in [0.5, 0.6) is 0 Å². The van der Waals surface area contributed by atoms with E-state index in [1.165, 1.54) is 17.3 Å². The van der Waals surface area contributed by atoms with Gasteiger partial charge in [-0.25, -0.2) is 0 Å². The second kappa shape index (κ2) is 1.88. The summed E-state index contributed by atoms with van der Waals surface area (Å²) in [6.45, 7) is 4.78. The molecule has 0 heterocycles. The molecule has 2 atom stereocenters. The minimum Gasteiger partial charge on any atom is -0.0704 e. The lowest BCUT2D eigenvalue weighted by molar-refractivity contribution is 0.278. The summed E-state index contributed by atoms with van der Waals surface area (Å²) in [5, 5.41) is 0. The van der Waals surface area contributed by atoms with E-state index < -0.39 is 0 Å². The standard InChI is InChI=1S/C9H13Br/c1-9(2)6-3-4-7(9)8(10)5-6/h5-7H,3-4H2,1-2H3/t6-,7+/m1/s1. The van der Waals surface area contributed by atoms with E-state index >= 15 is 0 Å². The van der Waals surface area contributed by atoms with Crippen molar-refractivity contribution in [3.05, 3.63) is 10.6 Å². The molecule has 1 saturated carbocycles. The molecule has 0 aromatic carbocycles. The molecule has 0 spiro atoms. The first-order valence-corrected chi connectivity index (χ1v) is 4.79. The maximum absolute atomic E-state index is 3.63. The molecule has 0 radical (unpaired) electrons. The highest BCUT2D eigenvalue weighted by molar-refractivity contribution is 9.11. The van der Waals surface area contributed by atoms with Crippen LogP contribution in [0.3, 0.4) is 0 Å². The molecule has 56 valence electrons.